The van der Waals surface area contributed by atoms with Crippen molar-refractivity contribution in [2.75, 3.05) is 19.4 Å². The van der Waals surface area contributed by atoms with Gasteiger partial charge in [0.05, 0.1) is 6.61 Å². The number of fused-ring (bicyclic) bond motifs is 1. The lowest BCUT2D eigenvalue weighted by molar-refractivity contribution is -0.144. The van der Waals surface area contributed by atoms with Crippen molar-refractivity contribution in [1.82, 2.24) is 19.9 Å². The molecule has 2 rings (SSSR count). The Bertz CT molecular complexity index is 557. The van der Waals surface area contributed by atoms with Crippen LogP contribution >= 0.6 is 11.8 Å². The van der Waals surface area contributed by atoms with Gasteiger partial charge in [-0.05, 0) is 26.1 Å². The minimum atomic E-state index is -0.346. The fourth-order valence-corrected chi connectivity index (χ4v) is 2.60. The van der Waals surface area contributed by atoms with E-state index in [1.807, 2.05) is 28.8 Å². The van der Waals surface area contributed by atoms with Crippen molar-refractivity contribution in [3.63, 3.8) is 0 Å². The molecule has 0 fully saturated rings. The van der Waals surface area contributed by atoms with Gasteiger partial charge in [0.25, 0.3) is 0 Å². The molecule has 0 saturated carbocycles. The Labute approximate surface area is 115 Å². The van der Waals surface area contributed by atoms with Crippen molar-refractivity contribution in [3.05, 3.63) is 24.4 Å². The van der Waals surface area contributed by atoms with Crippen molar-refractivity contribution >= 4 is 23.4 Å². The second-order valence-electron chi connectivity index (χ2n) is 3.82. The summed E-state index contributed by atoms with van der Waals surface area (Å²) in [6, 6.07) is 5.37. The summed E-state index contributed by atoms with van der Waals surface area (Å²) in [4.78, 5) is 11.7. The maximum absolute atomic E-state index is 11.7. The van der Waals surface area contributed by atoms with E-state index in [1.54, 1.807) is 14.0 Å². The van der Waals surface area contributed by atoms with Crippen LogP contribution in [0.1, 0.15) is 6.92 Å². The highest BCUT2D eigenvalue weighted by Gasteiger charge is 2.19. The van der Waals surface area contributed by atoms with Crippen LogP contribution in [0.4, 0.5) is 0 Å². The second-order valence-corrected chi connectivity index (χ2v) is 4.80. The summed E-state index contributed by atoms with van der Waals surface area (Å²) >= 11 is 1.47. The number of pyridine rings is 1. The van der Waals surface area contributed by atoms with E-state index < -0.39 is 0 Å². The van der Waals surface area contributed by atoms with Crippen LogP contribution in [0.2, 0.25) is 0 Å². The van der Waals surface area contributed by atoms with Crippen molar-refractivity contribution in [1.29, 1.82) is 0 Å². The predicted octanol–water partition coefficient (Wildman–Crippen LogP) is 0.972. The van der Waals surface area contributed by atoms with Gasteiger partial charge in [0, 0.05) is 11.9 Å². The maximum Gasteiger partial charge on any atom is 0.323 e. The first-order chi connectivity index (χ1) is 9.26. The summed E-state index contributed by atoms with van der Waals surface area (Å²) in [5, 5.41) is 11.9. The highest BCUT2D eigenvalue weighted by Crippen LogP contribution is 2.17. The minimum Gasteiger partial charge on any atom is -0.465 e. The van der Waals surface area contributed by atoms with Gasteiger partial charge in [0.1, 0.15) is 6.04 Å². The third kappa shape index (κ3) is 3.24. The molecule has 6 nitrogen and oxygen atoms in total. The second kappa shape index (κ2) is 6.53. The summed E-state index contributed by atoms with van der Waals surface area (Å²) < 4.78 is 6.89. The average Bonchev–Trinajstić information content (AvgIpc) is 2.83. The molecular weight excluding hydrogens is 264 g/mol. The zero-order valence-electron chi connectivity index (χ0n) is 10.9. The summed E-state index contributed by atoms with van der Waals surface area (Å²) in [6.07, 6.45) is 1.90. The fourth-order valence-electron chi connectivity index (χ4n) is 1.59. The number of nitrogens with one attached hydrogen (secondary N) is 1. The van der Waals surface area contributed by atoms with Gasteiger partial charge in [0.15, 0.2) is 10.8 Å². The topological polar surface area (TPSA) is 68.5 Å². The van der Waals surface area contributed by atoms with Crippen LogP contribution in [0.5, 0.6) is 0 Å². The molecule has 0 aliphatic rings. The van der Waals surface area contributed by atoms with E-state index in [0.717, 1.165) is 10.8 Å². The zero-order valence-corrected chi connectivity index (χ0v) is 11.7. The number of ether oxygens (including phenoxy) is 1. The first kappa shape index (κ1) is 13.8. The zero-order chi connectivity index (χ0) is 13.7. The van der Waals surface area contributed by atoms with Gasteiger partial charge in [-0.3, -0.25) is 9.20 Å². The SMILES string of the molecule is CCOC(=O)C(CSc1nnc2ccccn12)NC. The molecule has 0 saturated heterocycles. The molecular formula is C12H16N4O2S. The molecule has 2 aromatic heterocycles. The molecule has 102 valence electrons. The standard InChI is InChI=1S/C12H16N4O2S/c1-3-18-11(17)9(13-2)8-19-12-15-14-10-6-4-5-7-16(10)12/h4-7,9,13H,3,8H2,1-2H3. The first-order valence-corrected chi connectivity index (χ1v) is 7.01. The predicted molar refractivity (Wildman–Crippen MR) is 73.2 cm³/mol. The van der Waals surface area contributed by atoms with E-state index in [2.05, 4.69) is 15.5 Å². The van der Waals surface area contributed by atoms with E-state index in [4.69, 9.17) is 4.74 Å². The van der Waals surface area contributed by atoms with Gasteiger partial charge in [0.2, 0.25) is 0 Å². The number of aromatic nitrogens is 3. The van der Waals surface area contributed by atoms with Crippen molar-refractivity contribution in [3.8, 4) is 0 Å². The number of hydrogen-bond acceptors (Lipinski definition) is 6. The smallest absolute Gasteiger partial charge is 0.323 e. The Balaban J connectivity index is 2.03. The first-order valence-electron chi connectivity index (χ1n) is 6.02. The molecule has 0 aliphatic carbocycles. The molecule has 1 N–H and O–H groups in total. The number of hydrogen-bond donors (Lipinski definition) is 1. The lowest BCUT2D eigenvalue weighted by Crippen LogP contribution is -2.37. The summed E-state index contributed by atoms with van der Waals surface area (Å²) in [5.41, 5.74) is 0.794. The highest BCUT2D eigenvalue weighted by molar-refractivity contribution is 7.99. The molecule has 0 radical (unpaired) electrons. The largest absolute Gasteiger partial charge is 0.465 e. The van der Waals surface area contributed by atoms with Crippen LogP contribution in [-0.2, 0) is 9.53 Å². The van der Waals surface area contributed by atoms with Gasteiger partial charge < -0.3 is 10.1 Å². The molecule has 1 unspecified atom stereocenters. The normalized spacial score (nSPS) is 12.5. The van der Waals surface area contributed by atoms with E-state index in [1.165, 1.54) is 11.8 Å². The third-order valence-electron chi connectivity index (χ3n) is 2.58. The van der Waals surface area contributed by atoms with Crippen LogP contribution in [0.25, 0.3) is 5.65 Å². The Kier molecular flexibility index (Phi) is 4.75. The highest BCUT2D eigenvalue weighted by atomic mass is 32.2. The van der Waals surface area contributed by atoms with Gasteiger partial charge in [-0.1, -0.05) is 17.8 Å². The molecule has 0 bridgehead atoms. The quantitative estimate of drug-likeness (QED) is 0.628. The van der Waals surface area contributed by atoms with Crippen molar-refractivity contribution in [2.45, 2.75) is 18.1 Å². The number of esters is 1. The Morgan fingerprint density at radius 1 is 1.53 bits per heavy atom. The van der Waals surface area contributed by atoms with Crippen LogP contribution < -0.4 is 5.32 Å². The number of carbonyl (C=O) groups is 1. The van der Waals surface area contributed by atoms with Gasteiger partial charge in [-0.15, -0.1) is 10.2 Å². The van der Waals surface area contributed by atoms with Crippen LogP contribution in [0.15, 0.2) is 29.6 Å². The lowest BCUT2D eigenvalue weighted by Gasteiger charge is -2.13. The summed E-state index contributed by atoms with van der Waals surface area (Å²) in [6.45, 7) is 2.18. The van der Waals surface area contributed by atoms with Gasteiger partial charge >= 0.3 is 5.97 Å². The molecule has 2 heterocycles. The Hall–Kier alpha value is -1.60. The number of thioether (sulfide) groups is 1. The molecule has 19 heavy (non-hydrogen) atoms. The number of likely N-dealkylation sites (N-methyl/N-ethyl adjacent to an activating group) is 1. The van der Waals surface area contributed by atoms with Crippen molar-refractivity contribution in [2.24, 2.45) is 0 Å². The van der Waals surface area contributed by atoms with Crippen LogP contribution in [0, 0.1) is 0 Å². The van der Waals surface area contributed by atoms with Crippen LogP contribution in [-0.4, -0.2) is 46.0 Å². The Morgan fingerprint density at radius 3 is 3.11 bits per heavy atom. The number of carbonyl (C=O) groups excluding carboxylic acids is 1. The monoisotopic (exact) mass is 280 g/mol. The van der Waals surface area contributed by atoms with Gasteiger partial charge in [-0.25, -0.2) is 0 Å². The van der Waals surface area contributed by atoms with E-state index in [0.29, 0.717) is 12.4 Å². The van der Waals surface area contributed by atoms with Crippen LogP contribution in [0.3, 0.4) is 0 Å². The molecule has 2 aromatic rings. The lowest BCUT2D eigenvalue weighted by atomic mass is 10.3. The summed E-state index contributed by atoms with van der Waals surface area (Å²) in [5.74, 6) is 0.303. The number of rotatable bonds is 6. The maximum atomic E-state index is 11.7. The van der Waals surface area contributed by atoms with Crippen molar-refractivity contribution < 1.29 is 9.53 Å². The molecule has 0 spiro atoms. The fraction of sp³-hybridized carbons (Fsp3) is 0.417. The van der Waals surface area contributed by atoms with E-state index >= 15 is 0 Å². The Morgan fingerprint density at radius 2 is 2.37 bits per heavy atom. The average molecular weight is 280 g/mol. The molecule has 0 aliphatic heterocycles. The van der Waals surface area contributed by atoms with E-state index in [9.17, 15) is 4.79 Å². The molecule has 0 amide bonds. The molecule has 0 aromatic carbocycles. The van der Waals surface area contributed by atoms with Gasteiger partial charge in [-0.2, -0.15) is 0 Å². The third-order valence-corrected chi connectivity index (χ3v) is 3.62. The molecule has 1 atom stereocenters. The van der Waals surface area contributed by atoms with E-state index in [-0.39, 0.29) is 12.0 Å². The minimum absolute atomic E-state index is 0.244. The molecule has 7 heteroatoms. The number of nitrogens with zero attached hydrogens (tertiary/aromatic N) is 3. The summed E-state index contributed by atoms with van der Waals surface area (Å²) in [7, 11) is 1.74.